The Labute approximate surface area is 156 Å². The Balaban J connectivity index is 1.33. The topological polar surface area (TPSA) is 51.0 Å². The lowest BCUT2D eigenvalue weighted by molar-refractivity contribution is -0.136. The summed E-state index contributed by atoms with van der Waals surface area (Å²) in [6.07, 6.45) is 4.00. The smallest absolute Gasteiger partial charge is 0.244 e. The molecule has 3 aromatic rings. The minimum atomic E-state index is -0.200. The fraction of sp³-hybridized carbons (Fsp3) is 0.381. The van der Waals surface area contributed by atoms with Gasteiger partial charge in [-0.15, -0.1) is 5.10 Å². The molecule has 5 rings (SSSR count). The molecule has 2 saturated heterocycles. The second-order valence-electron chi connectivity index (χ2n) is 7.64. The number of carbonyl (C=O) groups is 1. The zero-order valence-corrected chi connectivity index (χ0v) is 15.0. The zero-order valence-electron chi connectivity index (χ0n) is 15.0. The van der Waals surface area contributed by atoms with Crippen LogP contribution in [0.3, 0.4) is 0 Å². The van der Waals surface area contributed by atoms with Crippen LogP contribution < -0.4 is 0 Å². The van der Waals surface area contributed by atoms with Gasteiger partial charge in [-0.05, 0) is 61.4 Å². The fourth-order valence-electron chi connectivity index (χ4n) is 4.84. The molecule has 2 atom stereocenters. The van der Waals surface area contributed by atoms with Gasteiger partial charge in [-0.2, -0.15) is 0 Å². The predicted octanol–water partition coefficient (Wildman–Crippen LogP) is 3.51. The molecule has 5 nitrogen and oxygen atoms in total. The molecule has 1 amide bonds. The molecule has 2 aromatic carbocycles. The number of benzene rings is 2. The number of fused-ring (bicyclic) bond motifs is 3. The highest BCUT2D eigenvalue weighted by molar-refractivity contribution is 5.80. The molecule has 3 heterocycles. The maximum atomic E-state index is 13.2. The second-order valence-corrected chi connectivity index (χ2v) is 7.64. The van der Waals surface area contributed by atoms with Crippen molar-refractivity contribution in [2.24, 2.45) is 0 Å². The molecule has 0 aliphatic carbocycles. The van der Waals surface area contributed by atoms with Gasteiger partial charge in [0.1, 0.15) is 17.9 Å². The molecule has 138 valence electrons. The van der Waals surface area contributed by atoms with Crippen LogP contribution in [0.2, 0.25) is 0 Å². The van der Waals surface area contributed by atoms with Gasteiger partial charge in [-0.1, -0.05) is 29.5 Å². The average molecular weight is 364 g/mol. The highest BCUT2D eigenvalue weighted by Gasteiger charge is 2.43. The number of carbonyl (C=O) groups excluding carboxylic acids is 1. The van der Waals surface area contributed by atoms with Gasteiger partial charge in [0, 0.05) is 12.1 Å². The number of hydrogen-bond acceptors (Lipinski definition) is 3. The molecule has 0 radical (unpaired) electrons. The molecule has 1 aromatic heterocycles. The zero-order chi connectivity index (χ0) is 18.4. The van der Waals surface area contributed by atoms with Crippen molar-refractivity contribution in [2.75, 3.05) is 0 Å². The van der Waals surface area contributed by atoms with Gasteiger partial charge < -0.3 is 4.90 Å². The van der Waals surface area contributed by atoms with Crippen molar-refractivity contribution in [2.45, 2.75) is 50.2 Å². The molecule has 0 N–H and O–H groups in total. The van der Waals surface area contributed by atoms with Crippen LogP contribution >= 0.6 is 0 Å². The number of rotatable bonds is 3. The van der Waals surface area contributed by atoms with Crippen LogP contribution in [0.4, 0.5) is 4.39 Å². The Morgan fingerprint density at radius 1 is 1.04 bits per heavy atom. The molecule has 0 unspecified atom stereocenters. The largest absolute Gasteiger partial charge is 0.335 e. The number of nitrogens with zero attached hydrogens (tertiary/aromatic N) is 4. The van der Waals surface area contributed by atoms with Crippen LogP contribution in [0.25, 0.3) is 11.0 Å². The van der Waals surface area contributed by atoms with E-state index in [9.17, 15) is 9.18 Å². The summed E-state index contributed by atoms with van der Waals surface area (Å²) in [4.78, 5) is 15.1. The van der Waals surface area contributed by atoms with Gasteiger partial charge in [-0.3, -0.25) is 4.79 Å². The number of amides is 1. The summed E-state index contributed by atoms with van der Waals surface area (Å²) in [5.41, 5.74) is 2.88. The Kier molecular flexibility index (Phi) is 3.92. The van der Waals surface area contributed by atoms with Crippen molar-refractivity contribution in [1.29, 1.82) is 0 Å². The third-order valence-electron chi connectivity index (χ3n) is 6.07. The monoisotopic (exact) mass is 364 g/mol. The van der Waals surface area contributed by atoms with Crippen molar-refractivity contribution in [3.8, 4) is 0 Å². The molecular formula is C21H21FN4O. The van der Waals surface area contributed by atoms with E-state index in [1.165, 1.54) is 17.7 Å². The summed E-state index contributed by atoms with van der Waals surface area (Å²) >= 11 is 0. The molecular weight excluding hydrogens is 343 g/mol. The number of aromatic nitrogens is 3. The van der Waals surface area contributed by atoms with Crippen molar-refractivity contribution >= 4 is 16.9 Å². The van der Waals surface area contributed by atoms with Crippen molar-refractivity contribution in [3.05, 3.63) is 59.9 Å². The Bertz CT molecular complexity index is 969. The summed E-state index contributed by atoms with van der Waals surface area (Å²) in [5, 5.41) is 8.30. The highest BCUT2D eigenvalue weighted by Crippen LogP contribution is 2.43. The number of halogens is 1. The van der Waals surface area contributed by atoms with E-state index in [2.05, 4.69) is 15.2 Å². The first-order valence-electron chi connectivity index (χ1n) is 9.54. The van der Waals surface area contributed by atoms with E-state index in [0.29, 0.717) is 5.92 Å². The van der Waals surface area contributed by atoms with Crippen LogP contribution in [0.15, 0.2) is 48.5 Å². The van der Waals surface area contributed by atoms with E-state index in [1.807, 2.05) is 36.4 Å². The summed E-state index contributed by atoms with van der Waals surface area (Å²) in [6, 6.07) is 15.1. The standard InChI is InChI=1S/C21H21FN4O/c22-16-7-5-14(6-8-16)15-11-17-9-10-18(12-15)26(17)21(27)13-25-20-4-2-1-3-19(20)23-24-25/h1-8,15,17-18H,9-13H2/t17-,18-/m0/s1. The van der Waals surface area contributed by atoms with E-state index in [1.54, 1.807) is 4.68 Å². The highest BCUT2D eigenvalue weighted by atomic mass is 19.1. The van der Waals surface area contributed by atoms with E-state index in [-0.39, 0.29) is 30.4 Å². The van der Waals surface area contributed by atoms with Gasteiger partial charge in [0.15, 0.2) is 0 Å². The van der Waals surface area contributed by atoms with Gasteiger partial charge >= 0.3 is 0 Å². The maximum Gasteiger partial charge on any atom is 0.244 e. The lowest BCUT2D eigenvalue weighted by Crippen LogP contribution is -2.47. The molecule has 27 heavy (non-hydrogen) atoms. The third-order valence-corrected chi connectivity index (χ3v) is 6.07. The van der Waals surface area contributed by atoms with Crippen LogP contribution in [0.1, 0.15) is 37.2 Å². The Morgan fingerprint density at radius 2 is 1.74 bits per heavy atom. The molecule has 6 heteroatoms. The van der Waals surface area contributed by atoms with Crippen LogP contribution in [-0.4, -0.2) is 37.9 Å². The Hall–Kier alpha value is -2.76. The minimum Gasteiger partial charge on any atom is -0.335 e. The molecule has 2 bridgehead atoms. The van der Waals surface area contributed by atoms with Gasteiger partial charge in [0.05, 0.1) is 5.52 Å². The lowest BCUT2D eigenvalue weighted by atomic mass is 9.85. The van der Waals surface area contributed by atoms with E-state index >= 15 is 0 Å². The fourth-order valence-corrected chi connectivity index (χ4v) is 4.84. The normalized spacial score (nSPS) is 24.5. The second kappa shape index (κ2) is 6.44. The van der Waals surface area contributed by atoms with E-state index < -0.39 is 0 Å². The number of para-hydroxylation sites is 1. The molecule has 0 spiro atoms. The SMILES string of the molecule is O=C(Cn1nnc2ccccc21)N1[C@H]2CC[C@H]1CC(c1ccc(F)cc1)C2. The third kappa shape index (κ3) is 2.89. The van der Waals surface area contributed by atoms with Gasteiger partial charge in [-0.25, -0.2) is 9.07 Å². The summed E-state index contributed by atoms with van der Waals surface area (Å²) < 4.78 is 14.9. The van der Waals surface area contributed by atoms with Gasteiger partial charge in [0.2, 0.25) is 5.91 Å². The maximum absolute atomic E-state index is 13.2. The van der Waals surface area contributed by atoms with Crippen molar-refractivity contribution < 1.29 is 9.18 Å². The number of piperidine rings is 1. The van der Waals surface area contributed by atoms with E-state index in [4.69, 9.17) is 0 Å². The first kappa shape index (κ1) is 16.4. The van der Waals surface area contributed by atoms with E-state index in [0.717, 1.165) is 36.7 Å². The molecule has 0 saturated carbocycles. The van der Waals surface area contributed by atoms with Crippen LogP contribution in [0.5, 0.6) is 0 Å². The van der Waals surface area contributed by atoms with Crippen molar-refractivity contribution in [1.82, 2.24) is 19.9 Å². The minimum absolute atomic E-state index is 0.121. The average Bonchev–Trinajstić information content (AvgIpc) is 3.20. The lowest BCUT2D eigenvalue weighted by Gasteiger charge is -2.39. The van der Waals surface area contributed by atoms with Crippen molar-refractivity contribution in [3.63, 3.8) is 0 Å². The molecule has 2 aliphatic rings. The Morgan fingerprint density at radius 3 is 2.48 bits per heavy atom. The first-order chi connectivity index (χ1) is 13.2. The van der Waals surface area contributed by atoms with Crippen LogP contribution in [-0.2, 0) is 11.3 Å². The van der Waals surface area contributed by atoms with Gasteiger partial charge in [0.25, 0.3) is 0 Å². The number of hydrogen-bond donors (Lipinski definition) is 0. The predicted molar refractivity (Wildman–Crippen MR) is 99.6 cm³/mol. The molecule has 2 aliphatic heterocycles. The summed E-state index contributed by atoms with van der Waals surface area (Å²) in [5.74, 6) is 0.324. The molecule has 2 fully saturated rings. The summed E-state index contributed by atoms with van der Waals surface area (Å²) in [7, 11) is 0. The van der Waals surface area contributed by atoms with Crippen LogP contribution in [0, 0.1) is 5.82 Å². The first-order valence-corrected chi connectivity index (χ1v) is 9.54. The summed E-state index contributed by atoms with van der Waals surface area (Å²) in [6.45, 7) is 0.231. The quantitative estimate of drug-likeness (QED) is 0.715.